The van der Waals surface area contributed by atoms with Crippen molar-refractivity contribution in [3.05, 3.63) is 72.3 Å². The van der Waals surface area contributed by atoms with Crippen LogP contribution >= 0.6 is 11.3 Å². The highest BCUT2D eigenvalue weighted by Crippen LogP contribution is 2.31. The molecule has 8 heteroatoms. The number of thiazole rings is 1. The summed E-state index contributed by atoms with van der Waals surface area (Å²) in [5.74, 6) is 0.0917. The smallest absolute Gasteiger partial charge is 0.260 e. The van der Waals surface area contributed by atoms with E-state index < -0.39 is 5.82 Å². The Morgan fingerprint density at radius 2 is 2.00 bits per heavy atom. The van der Waals surface area contributed by atoms with Gasteiger partial charge in [0.1, 0.15) is 17.1 Å². The summed E-state index contributed by atoms with van der Waals surface area (Å²) in [6.07, 6.45) is 3.57. The maximum atomic E-state index is 14.2. The molecule has 0 saturated heterocycles. The summed E-state index contributed by atoms with van der Waals surface area (Å²) in [5, 5.41) is 4.65. The van der Waals surface area contributed by atoms with Gasteiger partial charge in [-0.15, -0.1) is 0 Å². The molecular weight excluding hydrogens is 403 g/mol. The molecule has 30 heavy (non-hydrogen) atoms. The van der Waals surface area contributed by atoms with E-state index in [-0.39, 0.29) is 17.5 Å². The minimum atomic E-state index is -0.398. The van der Waals surface area contributed by atoms with Crippen molar-refractivity contribution in [2.24, 2.45) is 0 Å². The van der Waals surface area contributed by atoms with E-state index in [2.05, 4.69) is 10.1 Å². The summed E-state index contributed by atoms with van der Waals surface area (Å²) in [5.41, 5.74) is 0.779. The number of ether oxygens (including phenoxy) is 1. The average molecular weight is 425 g/mol. The van der Waals surface area contributed by atoms with Crippen LogP contribution in [0, 0.1) is 5.82 Å². The number of benzene rings is 2. The van der Waals surface area contributed by atoms with Gasteiger partial charge in [0.05, 0.1) is 17.3 Å². The van der Waals surface area contributed by atoms with Gasteiger partial charge in [0.25, 0.3) is 5.91 Å². The number of amides is 1. The number of rotatable bonds is 7. The van der Waals surface area contributed by atoms with Crippen molar-refractivity contribution >= 4 is 32.6 Å². The Labute approximate surface area is 177 Å². The van der Waals surface area contributed by atoms with Gasteiger partial charge in [-0.25, -0.2) is 9.37 Å². The van der Waals surface area contributed by atoms with Crippen molar-refractivity contribution in [3.8, 4) is 5.75 Å². The first-order chi connectivity index (χ1) is 14.5. The first kappa shape index (κ1) is 20.0. The first-order valence-corrected chi connectivity index (χ1v) is 10.4. The lowest BCUT2D eigenvalue weighted by atomic mass is 10.2. The zero-order valence-electron chi connectivity index (χ0n) is 16.7. The molecule has 0 radical (unpaired) electrons. The van der Waals surface area contributed by atoms with Crippen LogP contribution in [0.1, 0.15) is 24.2 Å². The lowest BCUT2D eigenvalue weighted by molar-refractivity contribution is 0.0985. The minimum Gasteiger partial charge on any atom is -0.491 e. The fourth-order valence-electron chi connectivity index (χ4n) is 3.04. The molecule has 2 aromatic carbocycles. The molecule has 0 fully saturated rings. The van der Waals surface area contributed by atoms with Gasteiger partial charge in [0.15, 0.2) is 5.13 Å². The molecular formula is C22H21FN4O2S. The largest absolute Gasteiger partial charge is 0.491 e. The molecule has 2 heterocycles. The number of hydrogen-bond acceptors (Lipinski definition) is 5. The Morgan fingerprint density at radius 3 is 2.67 bits per heavy atom. The van der Waals surface area contributed by atoms with Crippen molar-refractivity contribution in [2.75, 3.05) is 11.4 Å². The highest BCUT2D eigenvalue weighted by atomic mass is 32.1. The molecule has 1 amide bonds. The zero-order chi connectivity index (χ0) is 21.1. The lowest BCUT2D eigenvalue weighted by Gasteiger charge is -2.20. The predicted molar refractivity (Wildman–Crippen MR) is 116 cm³/mol. The Balaban J connectivity index is 1.65. The molecule has 0 atom stereocenters. The molecule has 0 unspecified atom stereocenters. The van der Waals surface area contributed by atoms with Gasteiger partial charge >= 0.3 is 0 Å². The van der Waals surface area contributed by atoms with Crippen LogP contribution in [-0.2, 0) is 6.54 Å². The third kappa shape index (κ3) is 4.33. The minimum absolute atomic E-state index is 0.0507. The van der Waals surface area contributed by atoms with Gasteiger partial charge in [-0.05, 0) is 56.3 Å². The summed E-state index contributed by atoms with van der Waals surface area (Å²) < 4.78 is 22.3. The van der Waals surface area contributed by atoms with E-state index in [4.69, 9.17) is 4.74 Å². The lowest BCUT2D eigenvalue weighted by Crippen LogP contribution is -2.34. The molecule has 154 valence electrons. The molecule has 4 aromatic rings. The number of carbonyl (C=O) groups excluding carboxylic acids is 1. The van der Waals surface area contributed by atoms with E-state index in [0.717, 1.165) is 0 Å². The highest BCUT2D eigenvalue weighted by Gasteiger charge is 2.22. The number of para-hydroxylation sites is 1. The van der Waals surface area contributed by atoms with Crippen molar-refractivity contribution in [3.63, 3.8) is 0 Å². The summed E-state index contributed by atoms with van der Waals surface area (Å²) in [6, 6.07) is 13.6. The Bertz CT molecular complexity index is 1140. The molecule has 0 bridgehead atoms. The Kier molecular flexibility index (Phi) is 5.76. The maximum Gasteiger partial charge on any atom is 0.260 e. The number of halogens is 1. The molecule has 0 N–H and O–H groups in total. The maximum absolute atomic E-state index is 14.2. The molecule has 0 aliphatic heterocycles. The first-order valence-electron chi connectivity index (χ1n) is 9.62. The summed E-state index contributed by atoms with van der Waals surface area (Å²) in [7, 11) is 0. The summed E-state index contributed by atoms with van der Waals surface area (Å²) in [6.45, 7) is 4.74. The van der Waals surface area contributed by atoms with Crippen LogP contribution in [0.4, 0.5) is 9.52 Å². The fraction of sp³-hybridized carbons (Fsp3) is 0.227. The number of carbonyl (C=O) groups is 1. The standard InChI is InChI=1S/C22H21FN4O2S/c1-15(2)29-17-9-7-16(8-10-17)21(28)27(14-13-26-12-4-11-24-26)22-25-20-18(23)5-3-6-19(20)30-22/h3-12,15H,13-14H2,1-2H3. The van der Waals surface area contributed by atoms with E-state index >= 15 is 0 Å². The third-order valence-electron chi connectivity index (χ3n) is 4.42. The molecule has 0 aliphatic carbocycles. The van der Waals surface area contributed by atoms with Crippen LogP contribution in [0.3, 0.4) is 0 Å². The molecule has 0 saturated carbocycles. The van der Waals surface area contributed by atoms with Crippen molar-refractivity contribution in [2.45, 2.75) is 26.5 Å². The second-order valence-electron chi connectivity index (χ2n) is 7.00. The number of anilines is 1. The monoisotopic (exact) mass is 424 g/mol. The van der Waals surface area contributed by atoms with Crippen molar-refractivity contribution in [1.82, 2.24) is 14.8 Å². The van der Waals surface area contributed by atoms with Crippen LogP contribution in [0.2, 0.25) is 0 Å². The number of nitrogens with zero attached hydrogens (tertiary/aromatic N) is 4. The van der Waals surface area contributed by atoms with E-state index in [1.807, 2.05) is 26.1 Å². The molecule has 0 aliphatic rings. The van der Waals surface area contributed by atoms with Crippen molar-refractivity contribution in [1.29, 1.82) is 0 Å². The van der Waals surface area contributed by atoms with Gasteiger partial charge in [-0.1, -0.05) is 17.4 Å². The Morgan fingerprint density at radius 1 is 1.20 bits per heavy atom. The van der Waals surface area contributed by atoms with E-state index in [0.29, 0.717) is 34.2 Å². The van der Waals surface area contributed by atoms with Crippen LogP contribution in [0.15, 0.2) is 60.9 Å². The molecule has 6 nitrogen and oxygen atoms in total. The second-order valence-corrected chi connectivity index (χ2v) is 8.01. The number of fused-ring (bicyclic) bond motifs is 1. The van der Waals surface area contributed by atoms with E-state index in [9.17, 15) is 9.18 Å². The van der Waals surface area contributed by atoms with Gasteiger partial charge in [0.2, 0.25) is 0 Å². The number of aromatic nitrogens is 3. The topological polar surface area (TPSA) is 60.2 Å². The third-order valence-corrected chi connectivity index (χ3v) is 5.46. The molecule has 4 rings (SSSR count). The quantitative estimate of drug-likeness (QED) is 0.429. The zero-order valence-corrected chi connectivity index (χ0v) is 17.5. The van der Waals surface area contributed by atoms with Crippen molar-refractivity contribution < 1.29 is 13.9 Å². The van der Waals surface area contributed by atoms with Gasteiger partial charge < -0.3 is 4.74 Å². The average Bonchev–Trinajstić information content (AvgIpc) is 3.39. The fourth-order valence-corrected chi connectivity index (χ4v) is 4.05. The van der Waals surface area contributed by atoms with Crippen LogP contribution < -0.4 is 9.64 Å². The normalized spacial score (nSPS) is 11.2. The highest BCUT2D eigenvalue weighted by molar-refractivity contribution is 7.22. The Hall–Kier alpha value is -3.26. The van der Waals surface area contributed by atoms with Gasteiger partial charge in [-0.3, -0.25) is 14.4 Å². The summed E-state index contributed by atoms with van der Waals surface area (Å²) >= 11 is 1.29. The van der Waals surface area contributed by atoms with Crippen LogP contribution in [0.25, 0.3) is 10.2 Å². The summed E-state index contributed by atoms with van der Waals surface area (Å²) in [4.78, 5) is 19.3. The second kappa shape index (κ2) is 8.62. The van der Waals surface area contributed by atoms with Gasteiger partial charge in [0, 0.05) is 24.5 Å². The SMILES string of the molecule is CC(C)Oc1ccc(C(=O)N(CCn2cccn2)c2nc3c(F)cccc3s2)cc1. The molecule has 2 aromatic heterocycles. The van der Waals surface area contributed by atoms with Gasteiger partial charge in [-0.2, -0.15) is 5.10 Å². The predicted octanol–water partition coefficient (Wildman–Crippen LogP) is 4.77. The van der Waals surface area contributed by atoms with Crippen LogP contribution in [0.5, 0.6) is 5.75 Å². The molecule has 0 spiro atoms. The van der Waals surface area contributed by atoms with E-state index in [1.165, 1.54) is 17.4 Å². The number of hydrogen-bond donors (Lipinski definition) is 0. The van der Waals surface area contributed by atoms with Crippen LogP contribution in [-0.4, -0.2) is 33.3 Å². The van der Waals surface area contributed by atoms with E-state index in [1.54, 1.807) is 52.2 Å².